The summed E-state index contributed by atoms with van der Waals surface area (Å²) in [5.41, 5.74) is -0.805. The summed E-state index contributed by atoms with van der Waals surface area (Å²) in [7, 11) is -3.18. The van der Waals surface area contributed by atoms with Crippen molar-refractivity contribution in [1.82, 2.24) is 0 Å². The van der Waals surface area contributed by atoms with Gasteiger partial charge < -0.3 is 5.11 Å². The zero-order valence-electron chi connectivity index (χ0n) is 10.5. The first-order valence-electron chi connectivity index (χ1n) is 5.29. The van der Waals surface area contributed by atoms with Crippen molar-refractivity contribution in [3.8, 4) is 0 Å². The van der Waals surface area contributed by atoms with Gasteiger partial charge in [0.05, 0.1) is 10.3 Å². The van der Waals surface area contributed by atoms with Crippen LogP contribution < -0.4 is 0 Å². The van der Waals surface area contributed by atoms with E-state index in [1.165, 1.54) is 23.9 Å². The van der Waals surface area contributed by atoms with Crippen LogP contribution in [0.3, 0.4) is 0 Å². The largest absolute Gasteiger partial charge is 0.481 e. The first kappa shape index (κ1) is 15.0. The van der Waals surface area contributed by atoms with Crippen LogP contribution in [-0.4, -0.2) is 31.5 Å². The highest BCUT2D eigenvalue weighted by Crippen LogP contribution is 2.28. The van der Waals surface area contributed by atoms with Crippen LogP contribution >= 0.6 is 11.8 Å². The molecule has 0 saturated carbocycles. The molecule has 1 rings (SSSR count). The first-order chi connectivity index (χ1) is 8.13. The molecule has 4 nitrogen and oxygen atoms in total. The highest BCUT2D eigenvalue weighted by atomic mass is 32.2. The van der Waals surface area contributed by atoms with Crippen LogP contribution in [0.15, 0.2) is 34.1 Å². The zero-order valence-corrected chi connectivity index (χ0v) is 12.1. The van der Waals surface area contributed by atoms with Crippen molar-refractivity contribution in [1.29, 1.82) is 0 Å². The van der Waals surface area contributed by atoms with Crippen LogP contribution in [0.4, 0.5) is 0 Å². The van der Waals surface area contributed by atoms with Gasteiger partial charge in [-0.15, -0.1) is 11.8 Å². The molecule has 0 aliphatic carbocycles. The predicted molar refractivity (Wildman–Crippen MR) is 71.7 cm³/mol. The Morgan fingerprint density at radius 2 is 1.78 bits per heavy atom. The van der Waals surface area contributed by atoms with Gasteiger partial charge in [0.2, 0.25) is 0 Å². The molecule has 0 fully saturated rings. The normalized spacial score (nSPS) is 12.4. The fourth-order valence-corrected chi connectivity index (χ4v) is 2.72. The van der Waals surface area contributed by atoms with Gasteiger partial charge in [-0.25, -0.2) is 8.42 Å². The van der Waals surface area contributed by atoms with E-state index in [4.69, 9.17) is 5.11 Å². The van der Waals surface area contributed by atoms with Crippen LogP contribution in [0.1, 0.15) is 13.8 Å². The summed E-state index contributed by atoms with van der Waals surface area (Å²) in [6.07, 6.45) is 1.16. The van der Waals surface area contributed by atoms with Crippen LogP contribution in [0, 0.1) is 5.41 Å². The maximum Gasteiger partial charge on any atom is 0.309 e. The maximum absolute atomic E-state index is 11.3. The van der Waals surface area contributed by atoms with E-state index in [2.05, 4.69) is 0 Å². The molecule has 0 unspecified atom stereocenters. The van der Waals surface area contributed by atoms with Gasteiger partial charge in [0.15, 0.2) is 9.84 Å². The Balaban J connectivity index is 2.74. The number of sulfone groups is 1. The summed E-state index contributed by atoms with van der Waals surface area (Å²) >= 11 is 1.40. The lowest BCUT2D eigenvalue weighted by Gasteiger charge is -2.18. The Morgan fingerprint density at radius 1 is 1.28 bits per heavy atom. The van der Waals surface area contributed by atoms with E-state index in [0.29, 0.717) is 5.75 Å². The molecule has 0 heterocycles. The summed E-state index contributed by atoms with van der Waals surface area (Å²) < 4.78 is 22.5. The highest BCUT2D eigenvalue weighted by Gasteiger charge is 2.27. The predicted octanol–water partition coefficient (Wildman–Crippen LogP) is 2.29. The van der Waals surface area contributed by atoms with Gasteiger partial charge in [0.25, 0.3) is 0 Å². The van der Waals surface area contributed by atoms with Gasteiger partial charge in [-0.05, 0) is 38.1 Å². The van der Waals surface area contributed by atoms with E-state index < -0.39 is 21.2 Å². The molecule has 18 heavy (non-hydrogen) atoms. The summed E-state index contributed by atoms with van der Waals surface area (Å²) in [5.74, 6) is -0.414. The fraction of sp³-hybridized carbons (Fsp3) is 0.417. The second kappa shape index (κ2) is 5.32. The quantitative estimate of drug-likeness (QED) is 0.842. The maximum atomic E-state index is 11.3. The van der Waals surface area contributed by atoms with Crippen molar-refractivity contribution in [2.45, 2.75) is 23.6 Å². The molecule has 0 aromatic heterocycles. The molecule has 0 atom stereocenters. The van der Waals surface area contributed by atoms with Gasteiger partial charge in [0, 0.05) is 16.9 Å². The van der Waals surface area contributed by atoms with Gasteiger partial charge in [0.1, 0.15) is 0 Å². The summed E-state index contributed by atoms with van der Waals surface area (Å²) in [5, 5.41) is 8.98. The highest BCUT2D eigenvalue weighted by molar-refractivity contribution is 7.99. The lowest BCUT2D eigenvalue weighted by molar-refractivity contribution is -0.145. The number of carbonyl (C=O) groups is 1. The number of benzene rings is 1. The SMILES string of the molecule is CC(C)(CSc1ccc(S(C)(=O)=O)cc1)C(=O)O. The Hall–Kier alpha value is -1.01. The van der Waals surface area contributed by atoms with E-state index >= 15 is 0 Å². The minimum absolute atomic E-state index is 0.268. The second-order valence-corrected chi connectivity index (χ2v) is 7.79. The third-order valence-electron chi connectivity index (χ3n) is 2.43. The van der Waals surface area contributed by atoms with Crippen LogP contribution in [0.25, 0.3) is 0 Å². The zero-order chi connectivity index (χ0) is 14.0. The molecule has 0 spiro atoms. The number of carboxylic acids is 1. The molecule has 100 valence electrons. The van der Waals surface area contributed by atoms with E-state index in [9.17, 15) is 13.2 Å². The molecule has 0 amide bonds. The second-order valence-electron chi connectivity index (χ2n) is 4.72. The van der Waals surface area contributed by atoms with Crippen molar-refractivity contribution in [2.75, 3.05) is 12.0 Å². The van der Waals surface area contributed by atoms with E-state index in [0.717, 1.165) is 11.2 Å². The van der Waals surface area contributed by atoms with E-state index in [1.54, 1.807) is 26.0 Å². The van der Waals surface area contributed by atoms with Crippen molar-refractivity contribution >= 4 is 27.6 Å². The number of aliphatic carboxylic acids is 1. The Bertz CT molecular complexity index is 530. The van der Waals surface area contributed by atoms with Crippen LogP contribution in [-0.2, 0) is 14.6 Å². The minimum Gasteiger partial charge on any atom is -0.481 e. The molecule has 6 heteroatoms. The number of hydrogen-bond acceptors (Lipinski definition) is 4. The Labute approximate surface area is 111 Å². The molecule has 0 aliphatic heterocycles. The van der Waals surface area contributed by atoms with Crippen molar-refractivity contribution in [3.05, 3.63) is 24.3 Å². The molecule has 0 aliphatic rings. The number of rotatable bonds is 5. The lowest BCUT2D eigenvalue weighted by atomic mass is 9.97. The van der Waals surface area contributed by atoms with E-state index in [1.807, 2.05) is 0 Å². The standard InChI is InChI=1S/C12H16O4S2/c1-12(2,11(13)14)8-17-9-4-6-10(7-5-9)18(3,15)16/h4-7H,8H2,1-3H3,(H,13,14). The van der Waals surface area contributed by atoms with Crippen LogP contribution in [0.5, 0.6) is 0 Å². The number of carboxylic acid groups (broad SMARTS) is 1. The third kappa shape index (κ3) is 4.03. The third-order valence-corrected chi connectivity index (χ3v) is 5.03. The fourth-order valence-electron chi connectivity index (χ4n) is 1.11. The Morgan fingerprint density at radius 3 is 2.17 bits per heavy atom. The monoisotopic (exact) mass is 288 g/mol. The van der Waals surface area contributed by atoms with Crippen molar-refractivity contribution < 1.29 is 18.3 Å². The molecule has 0 radical (unpaired) electrons. The minimum atomic E-state index is -3.18. The molecular formula is C12H16O4S2. The molecule has 1 aromatic carbocycles. The topological polar surface area (TPSA) is 71.4 Å². The molecule has 1 aromatic rings. The Kier molecular flexibility index (Phi) is 4.45. The lowest BCUT2D eigenvalue weighted by Crippen LogP contribution is -2.26. The molecule has 1 N–H and O–H groups in total. The van der Waals surface area contributed by atoms with Gasteiger partial charge >= 0.3 is 5.97 Å². The van der Waals surface area contributed by atoms with Crippen LogP contribution in [0.2, 0.25) is 0 Å². The average molecular weight is 288 g/mol. The smallest absolute Gasteiger partial charge is 0.309 e. The summed E-state index contributed by atoms with van der Waals surface area (Å²) in [4.78, 5) is 12.1. The molecule has 0 bridgehead atoms. The first-order valence-corrected chi connectivity index (χ1v) is 8.17. The average Bonchev–Trinajstić information content (AvgIpc) is 2.25. The van der Waals surface area contributed by atoms with E-state index in [-0.39, 0.29) is 4.90 Å². The molecule has 0 saturated heterocycles. The van der Waals surface area contributed by atoms with Gasteiger partial charge in [-0.1, -0.05) is 0 Å². The van der Waals surface area contributed by atoms with Crippen molar-refractivity contribution in [3.63, 3.8) is 0 Å². The summed E-state index contributed by atoms with van der Waals surface area (Å²) in [6, 6.07) is 6.45. The van der Waals surface area contributed by atoms with Gasteiger partial charge in [-0.2, -0.15) is 0 Å². The molecular weight excluding hydrogens is 272 g/mol. The van der Waals surface area contributed by atoms with Crippen molar-refractivity contribution in [2.24, 2.45) is 5.41 Å². The number of hydrogen-bond donors (Lipinski definition) is 1. The number of thioether (sulfide) groups is 1. The van der Waals surface area contributed by atoms with Gasteiger partial charge in [-0.3, -0.25) is 4.79 Å². The summed E-state index contributed by atoms with van der Waals surface area (Å²) in [6.45, 7) is 3.32.